The van der Waals surface area contributed by atoms with Crippen LogP contribution in [0.15, 0.2) is 0 Å². The SMILES string of the molecule is O=S(=O)(F)OC1CNCCN1OS(=O)(=O)F. The summed E-state index contributed by atoms with van der Waals surface area (Å²) in [6, 6.07) is 0. The summed E-state index contributed by atoms with van der Waals surface area (Å²) in [5.74, 6) is 0. The van der Waals surface area contributed by atoms with Crippen LogP contribution in [0.25, 0.3) is 0 Å². The van der Waals surface area contributed by atoms with Crippen LogP contribution in [0, 0.1) is 0 Å². The molecule has 0 aromatic heterocycles. The van der Waals surface area contributed by atoms with Crippen molar-refractivity contribution in [1.29, 1.82) is 0 Å². The molecule has 1 atom stereocenters. The van der Waals surface area contributed by atoms with Gasteiger partial charge in [0, 0.05) is 19.6 Å². The van der Waals surface area contributed by atoms with Crippen molar-refractivity contribution in [2.24, 2.45) is 0 Å². The van der Waals surface area contributed by atoms with Gasteiger partial charge in [-0.1, -0.05) is 7.77 Å². The molecule has 1 aliphatic rings. The summed E-state index contributed by atoms with van der Waals surface area (Å²) in [6.45, 7) is -0.232. The molecule has 12 heteroatoms. The molecular formula is C4H8F2N2O6S2. The smallest absolute Gasteiger partial charge is 0.311 e. The molecule has 0 aliphatic carbocycles. The van der Waals surface area contributed by atoms with Crippen LogP contribution < -0.4 is 5.32 Å². The maximum atomic E-state index is 12.2. The minimum absolute atomic E-state index is 0.191. The number of piperazine rings is 1. The van der Waals surface area contributed by atoms with Gasteiger partial charge in [-0.25, -0.2) is 4.18 Å². The van der Waals surface area contributed by atoms with E-state index in [2.05, 4.69) is 13.8 Å². The first-order chi connectivity index (χ1) is 7.17. The van der Waals surface area contributed by atoms with Gasteiger partial charge in [-0.05, 0) is 0 Å². The first-order valence-corrected chi connectivity index (χ1v) is 6.53. The maximum Gasteiger partial charge on any atom is 0.454 e. The van der Waals surface area contributed by atoms with Gasteiger partial charge < -0.3 is 5.32 Å². The number of nitrogens with one attached hydrogen (secondary N) is 1. The molecule has 0 saturated carbocycles. The Morgan fingerprint density at radius 3 is 2.31 bits per heavy atom. The molecule has 0 radical (unpaired) electrons. The lowest BCUT2D eigenvalue weighted by atomic mass is 10.4. The van der Waals surface area contributed by atoms with E-state index in [1.165, 1.54) is 0 Å². The molecule has 1 N–H and O–H groups in total. The minimum atomic E-state index is -5.31. The van der Waals surface area contributed by atoms with Crippen LogP contribution >= 0.6 is 0 Å². The minimum Gasteiger partial charge on any atom is -0.311 e. The van der Waals surface area contributed by atoms with Crippen molar-refractivity contribution in [3.05, 3.63) is 0 Å². The third kappa shape index (κ3) is 5.09. The Bertz CT molecular complexity index is 393. The number of hydrogen-bond acceptors (Lipinski definition) is 8. The third-order valence-electron chi connectivity index (χ3n) is 1.56. The molecule has 1 saturated heterocycles. The summed E-state index contributed by atoms with van der Waals surface area (Å²) >= 11 is 0. The van der Waals surface area contributed by atoms with Gasteiger partial charge in [-0.3, -0.25) is 0 Å². The molecule has 1 aliphatic heterocycles. The molecular weight excluding hydrogens is 274 g/mol. The molecule has 1 heterocycles. The van der Waals surface area contributed by atoms with Crippen molar-refractivity contribution in [2.45, 2.75) is 6.23 Å². The molecule has 0 aromatic rings. The van der Waals surface area contributed by atoms with E-state index in [0.717, 1.165) is 0 Å². The van der Waals surface area contributed by atoms with Crippen molar-refractivity contribution in [2.75, 3.05) is 19.6 Å². The number of hydroxylamine groups is 2. The summed E-state index contributed by atoms with van der Waals surface area (Å²) in [6.07, 6.45) is -1.59. The molecule has 0 spiro atoms. The highest BCUT2D eigenvalue weighted by molar-refractivity contribution is 7.81. The maximum absolute atomic E-state index is 12.2. The van der Waals surface area contributed by atoms with Gasteiger partial charge in [-0.2, -0.15) is 16.8 Å². The Hall–Kier alpha value is -0.400. The fourth-order valence-electron chi connectivity index (χ4n) is 1.07. The number of hydrogen-bond donors (Lipinski definition) is 1. The van der Waals surface area contributed by atoms with Gasteiger partial charge in [0.2, 0.25) is 0 Å². The Morgan fingerprint density at radius 2 is 1.81 bits per heavy atom. The van der Waals surface area contributed by atoms with E-state index in [-0.39, 0.29) is 19.6 Å². The molecule has 0 bridgehead atoms. The zero-order valence-electron chi connectivity index (χ0n) is 7.67. The molecule has 8 nitrogen and oxygen atoms in total. The lowest BCUT2D eigenvalue weighted by Gasteiger charge is -2.30. The molecule has 16 heavy (non-hydrogen) atoms. The summed E-state index contributed by atoms with van der Waals surface area (Å²) in [5.41, 5.74) is 0. The highest BCUT2D eigenvalue weighted by atomic mass is 32.3. The van der Waals surface area contributed by atoms with E-state index in [0.29, 0.717) is 5.06 Å². The van der Waals surface area contributed by atoms with Crippen molar-refractivity contribution < 1.29 is 33.1 Å². The van der Waals surface area contributed by atoms with Gasteiger partial charge in [0.05, 0.1) is 0 Å². The van der Waals surface area contributed by atoms with Crippen molar-refractivity contribution in [1.82, 2.24) is 10.4 Å². The van der Waals surface area contributed by atoms with E-state index < -0.39 is 27.2 Å². The predicted molar refractivity (Wildman–Crippen MR) is 45.6 cm³/mol. The quantitative estimate of drug-likeness (QED) is 0.628. The second-order valence-electron chi connectivity index (χ2n) is 2.76. The average molecular weight is 282 g/mol. The molecule has 1 unspecified atom stereocenters. The van der Waals surface area contributed by atoms with Crippen molar-refractivity contribution >= 4 is 21.0 Å². The summed E-state index contributed by atoms with van der Waals surface area (Å²) in [7, 11) is -10.6. The highest BCUT2D eigenvalue weighted by Gasteiger charge is 2.32. The lowest BCUT2D eigenvalue weighted by Crippen LogP contribution is -2.53. The van der Waals surface area contributed by atoms with Gasteiger partial charge >= 0.3 is 21.0 Å². The van der Waals surface area contributed by atoms with Crippen LogP contribution in [0.1, 0.15) is 0 Å². The number of rotatable bonds is 4. The Balaban J connectivity index is 2.72. The molecule has 0 aromatic carbocycles. The predicted octanol–water partition coefficient (Wildman–Crippen LogP) is -1.41. The van der Waals surface area contributed by atoms with Gasteiger partial charge in [0.15, 0.2) is 6.23 Å². The van der Waals surface area contributed by atoms with Crippen LogP contribution in [0.3, 0.4) is 0 Å². The fourth-order valence-corrected chi connectivity index (χ4v) is 1.90. The van der Waals surface area contributed by atoms with Crippen molar-refractivity contribution in [3.8, 4) is 0 Å². The molecule has 1 rings (SSSR count). The monoisotopic (exact) mass is 282 g/mol. The van der Waals surface area contributed by atoms with Crippen LogP contribution in [0.2, 0.25) is 0 Å². The van der Waals surface area contributed by atoms with Gasteiger partial charge in [0.1, 0.15) is 0 Å². The molecule has 1 fully saturated rings. The largest absolute Gasteiger partial charge is 0.454 e. The normalized spacial score (nSPS) is 24.5. The first-order valence-electron chi connectivity index (χ1n) is 3.92. The van der Waals surface area contributed by atoms with Gasteiger partial charge in [0.25, 0.3) is 0 Å². The standard InChI is InChI=1S/C4H8F2N2O6S2/c5-15(9,10)13-4-3-7-1-2-8(4)14-16(6,11)12/h4,7H,1-3H2. The van der Waals surface area contributed by atoms with Crippen LogP contribution in [-0.4, -0.2) is 47.8 Å². The third-order valence-corrected chi connectivity index (χ3v) is 2.38. The van der Waals surface area contributed by atoms with Crippen LogP contribution in [0.4, 0.5) is 7.77 Å². The fraction of sp³-hybridized carbons (Fsp3) is 1.00. The van der Waals surface area contributed by atoms with E-state index in [9.17, 15) is 24.6 Å². The molecule has 0 amide bonds. The van der Waals surface area contributed by atoms with Crippen LogP contribution in [0.5, 0.6) is 0 Å². The highest BCUT2D eigenvalue weighted by Crippen LogP contribution is 2.12. The Morgan fingerprint density at radius 1 is 1.19 bits per heavy atom. The lowest BCUT2D eigenvalue weighted by molar-refractivity contribution is -0.167. The second kappa shape index (κ2) is 4.85. The van der Waals surface area contributed by atoms with Crippen LogP contribution in [-0.2, 0) is 29.5 Å². The summed E-state index contributed by atoms with van der Waals surface area (Å²) < 4.78 is 72.6. The zero-order valence-corrected chi connectivity index (χ0v) is 9.30. The summed E-state index contributed by atoms with van der Waals surface area (Å²) in [4.78, 5) is 0. The number of nitrogens with zero attached hydrogens (tertiary/aromatic N) is 1. The summed E-state index contributed by atoms with van der Waals surface area (Å²) in [5, 5.41) is 2.96. The van der Waals surface area contributed by atoms with E-state index in [1.54, 1.807) is 0 Å². The number of halogens is 2. The Kier molecular flexibility index (Phi) is 4.14. The average Bonchev–Trinajstić information content (AvgIpc) is 2.03. The molecule has 96 valence electrons. The second-order valence-corrected chi connectivity index (χ2v) is 4.67. The van der Waals surface area contributed by atoms with Gasteiger partial charge in [-0.15, -0.1) is 9.35 Å². The Labute approximate surface area is 90.9 Å². The topological polar surface area (TPSA) is 102 Å². The van der Waals surface area contributed by atoms with E-state index in [1.807, 2.05) is 0 Å². The van der Waals surface area contributed by atoms with E-state index in [4.69, 9.17) is 0 Å². The zero-order chi connectivity index (χ0) is 12.4. The first kappa shape index (κ1) is 13.7. The van der Waals surface area contributed by atoms with E-state index >= 15 is 0 Å². The van der Waals surface area contributed by atoms with Crippen molar-refractivity contribution in [3.63, 3.8) is 0 Å².